The van der Waals surface area contributed by atoms with Crippen molar-refractivity contribution in [3.8, 4) is 0 Å². The highest BCUT2D eigenvalue weighted by molar-refractivity contribution is 5.95. The molecule has 0 spiro atoms. The Morgan fingerprint density at radius 1 is 1.14 bits per heavy atom. The second-order valence-electron chi connectivity index (χ2n) is 8.95. The molecule has 1 amide bonds. The fraction of sp³-hybridized carbons (Fsp3) is 0.750. The van der Waals surface area contributed by atoms with Crippen LogP contribution in [0.5, 0.6) is 0 Å². The van der Waals surface area contributed by atoms with E-state index >= 15 is 0 Å². The molecule has 0 aromatic heterocycles. The van der Waals surface area contributed by atoms with Gasteiger partial charge in [-0.15, -0.1) is 0 Å². The zero-order chi connectivity index (χ0) is 19.6. The van der Waals surface area contributed by atoms with Crippen LogP contribution in [0.3, 0.4) is 0 Å². The van der Waals surface area contributed by atoms with E-state index in [0.29, 0.717) is 24.9 Å². The van der Waals surface area contributed by atoms with Gasteiger partial charge in [0.1, 0.15) is 0 Å². The summed E-state index contributed by atoms with van der Waals surface area (Å²) < 4.78 is 6.12. The largest absolute Gasteiger partial charge is 0.478 e. The first-order valence-corrected chi connectivity index (χ1v) is 10.3. The number of carbonyl (C=O) groups excluding carboxylic acids is 1. The van der Waals surface area contributed by atoms with E-state index in [0.717, 1.165) is 38.4 Å². The van der Waals surface area contributed by atoms with Gasteiger partial charge in [0.25, 0.3) is 0 Å². The number of hydrogen-bond acceptors (Lipinski definition) is 5. The van der Waals surface area contributed by atoms with Crippen LogP contribution in [0.4, 0.5) is 0 Å². The van der Waals surface area contributed by atoms with Crippen molar-refractivity contribution in [2.24, 2.45) is 29.6 Å². The molecule has 4 saturated heterocycles. The maximum Gasteiger partial charge on any atom is 0.332 e. The quantitative estimate of drug-likeness (QED) is 0.595. The third kappa shape index (κ3) is 2.61. The van der Waals surface area contributed by atoms with Crippen LogP contribution in [-0.4, -0.2) is 70.8 Å². The standard InChI is InChI=1S/C20H26N2O6/c23-13-8-12-17-15-9(3-6-28-12)1-4-22-5-2-10(19(15)22)16(18(17)21-13)11(20(26)27)7-14(24)25/h7,9-10,12,15-19H,1-6,8H2,(H,21,23)(H,24,25)(H,26,27)/b11-7-. The Hall–Kier alpha value is -1.93. The number of nitrogens with one attached hydrogen (secondary N) is 1. The van der Waals surface area contributed by atoms with Gasteiger partial charge in [-0.25, -0.2) is 9.59 Å². The Morgan fingerprint density at radius 3 is 2.68 bits per heavy atom. The molecule has 1 aliphatic carbocycles. The van der Waals surface area contributed by atoms with Crippen molar-refractivity contribution >= 4 is 17.8 Å². The summed E-state index contributed by atoms with van der Waals surface area (Å²) in [5, 5.41) is 22.2. The molecule has 5 aliphatic rings. The summed E-state index contributed by atoms with van der Waals surface area (Å²) in [5.41, 5.74) is -0.0879. The summed E-state index contributed by atoms with van der Waals surface area (Å²) in [5.74, 6) is -2.12. The highest BCUT2D eigenvalue weighted by atomic mass is 16.5. The number of nitrogens with zero attached hydrogens (tertiary/aromatic N) is 1. The summed E-state index contributed by atoms with van der Waals surface area (Å²) in [6, 6.07) is -0.126. The van der Waals surface area contributed by atoms with Crippen LogP contribution < -0.4 is 5.32 Å². The highest BCUT2D eigenvalue weighted by Crippen LogP contribution is 2.56. The molecular formula is C20H26N2O6. The Bertz CT molecular complexity index is 751. The van der Waals surface area contributed by atoms with Crippen LogP contribution >= 0.6 is 0 Å². The molecule has 28 heavy (non-hydrogen) atoms. The molecule has 3 N–H and O–H groups in total. The van der Waals surface area contributed by atoms with E-state index in [-0.39, 0.29) is 41.5 Å². The summed E-state index contributed by atoms with van der Waals surface area (Å²) in [6.45, 7) is 2.56. The lowest BCUT2D eigenvalue weighted by Crippen LogP contribution is -2.68. The first-order valence-electron chi connectivity index (χ1n) is 10.3. The van der Waals surface area contributed by atoms with Gasteiger partial charge in [0.05, 0.1) is 12.5 Å². The van der Waals surface area contributed by atoms with Crippen LogP contribution in [0, 0.1) is 29.6 Å². The van der Waals surface area contributed by atoms with E-state index in [1.54, 1.807) is 0 Å². The first kappa shape index (κ1) is 18.1. The zero-order valence-electron chi connectivity index (χ0n) is 15.6. The second kappa shape index (κ2) is 6.56. The molecule has 0 bridgehead atoms. The number of ether oxygens (including phenoxy) is 1. The van der Waals surface area contributed by atoms with Gasteiger partial charge >= 0.3 is 11.9 Å². The number of aliphatic carboxylic acids is 2. The van der Waals surface area contributed by atoms with Crippen LogP contribution in [0.2, 0.25) is 0 Å². The summed E-state index contributed by atoms with van der Waals surface area (Å²) in [6.07, 6.45) is 3.87. The molecule has 0 aromatic carbocycles. The van der Waals surface area contributed by atoms with Crippen molar-refractivity contribution in [1.82, 2.24) is 10.2 Å². The number of hydrogen-bond donors (Lipinski definition) is 3. The van der Waals surface area contributed by atoms with Gasteiger partial charge in [-0.1, -0.05) is 0 Å². The fourth-order valence-corrected chi connectivity index (χ4v) is 7.14. The van der Waals surface area contributed by atoms with Gasteiger partial charge < -0.3 is 20.3 Å². The molecule has 8 nitrogen and oxygen atoms in total. The molecule has 152 valence electrons. The van der Waals surface area contributed by atoms with Gasteiger partial charge in [0, 0.05) is 42.2 Å². The molecule has 0 aromatic rings. The number of amides is 1. The minimum Gasteiger partial charge on any atom is -0.478 e. The topological polar surface area (TPSA) is 116 Å². The number of piperidine rings is 2. The van der Waals surface area contributed by atoms with Gasteiger partial charge in [-0.3, -0.25) is 9.69 Å². The van der Waals surface area contributed by atoms with Gasteiger partial charge in [-0.05, 0) is 50.1 Å². The average Bonchev–Trinajstić information content (AvgIpc) is 2.96. The molecule has 5 rings (SSSR count). The van der Waals surface area contributed by atoms with Crippen LogP contribution in [-0.2, 0) is 19.1 Å². The van der Waals surface area contributed by atoms with Crippen LogP contribution in [0.25, 0.3) is 0 Å². The Morgan fingerprint density at radius 2 is 1.93 bits per heavy atom. The summed E-state index contributed by atoms with van der Waals surface area (Å²) in [7, 11) is 0. The van der Waals surface area contributed by atoms with Crippen LogP contribution in [0.1, 0.15) is 25.7 Å². The molecular weight excluding hydrogens is 364 g/mol. The third-order valence-corrected chi connectivity index (χ3v) is 7.89. The van der Waals surface area contributed by atoms with Crippen molar-refractivity contribution in [2.45, 2.75) is 43.9 Å². The molecule has 8 atom stereocenters. The van der Waals surface area contributed by atoms with E-state index in [4.69, 9.17) is 4.74 Å². The monoisotopic (exact) mass is 390 g/mol. The van der Waals surface area contributed by atoms with Crippen molar-refractivity contribution in [3.63, 3.8) is 0 Å². The molecule has 0 radical (unpaired) electrons. The zero-order valence-corrected chi connectivity index (χ0v) is 15.6. The fourth-order valence-electron chi connectivity index (χ4n) is 7.14. The maximum atomic E-state index is 12.5. The molecule has 8 heteroatoms. The first-order chi connectivity index (χ1) is 13.5. The summed E-state index contributed by atoms with van der Waals surface area (Å²) >= 11 is 0. The van der Waals surface area contributed by atoms with Gasteiger partial charge in [0.15, 0.2) is 0 Å². The maximum absolute atomic E-state index is 12.5. The minimum atomic E-state index is -1.26. The van der Waals surface area contributed by atoms with E-state index < -0.39 is 17.9 Å². The van der Waals surface area contributed by atoms with E-state index in [9.17, 15) is 24.6 Å². The van der Waals surface area contributed by atoms with Crippen molar-refractivity contribution in [3.05, 3.63) is 11.6 Å². The van der Waals surface area contributed by atoms with Gasteiger partial charge in [0.2, 0.25) is 5.91 Å². The normalized spacial score (nSPS) is 45.0. The minimum absolute atomic E-state index is 0.0360. The van der Waals surface area contributed by atoms with Crippen molar-refractivity contribution in [1.29, 1.82) is 0 Å². The summed E-state index contributed by atoms with van der Waals surface area (Å²) in [4.78, 5) is 38.4. The molecule has 4 aliphatic heterocycles. The lowest BCUT2D eigenvalue weighted by molar-refractivity contribution is -0.146. The van der Waals surface area contributed by atoms with E-state index in [1.165, 1.54) is 0 Å². The smallest absolute Gasteiger partial charge is 0.332 e. The van der Waals surface area contributed by atoms with E-state index in [1.807, 2.05) is 0 Å². The molecule has 5 fully saturated rings. The number of carbonyl (C=O) groups is 3. The predicted molar refractivity (Wildman–Crippen MR) is 96.3 cm³/mol. The number of rotatable bonds is 3. The van der Waals surface area contributed by atoms with Crippen molar-refractivity contribution < 1.29 is 29.3 Å². The second-order valence-corrected chi connectivity index (χ2v) is 8.95. The van der Waals surface area contributed by atoms with Gasteiger partial charge in [-0.2, -0.15) is 0 Å². The molecule has 8 unspecified atom stereocenters. The SMILES string of the molecule is O=C(O)/C=C(\C(=O)O)C1C2CCN3CCC4CCOC5CC(=O)NC1C5C4C23. The Labute approximate surface area is 162 Å². The Balaban J connectivity index is 1.65. The molecule has 4 heterocycles. The van der Waals surface area contributed by atoms with Crippen molar-refractivity contribution in [2.75, 3.05) is 19.7 Å². The lowest BCUT2D eigenvalue weighted by atomic mass is 9.54. The van der Waals surface area contributed by atoms with E-state index in [2.05, 4.69) is 10.2 Å². The number of carboxylic acid groups (broad SMARTS) is 2. The third-order valence-electron chi connectivity index (χ3n) is 7.89. The predicted octanol–water partition coefficient (Wildman–Crippen LogP) is 0.332. The highest BCUT2D eigenvalue weighted by Gasteiger charge is 2.63. The Kier molecular flexibility index (Phi) is 4.24. The number of carboxylic acids is 2. The average molecular weight is 390 g/mol. The lowest BCUT2D eigenvalue weighted by Gasteiger charge is -2.58. The molecule has 1 saturated carbocycles. The van der Waals surface area contributed by atoms with Crippen LogP contribution in [0.15, 0.2) is 11.6 Å².